The summed E-state index contributed by atoms with van der Waals surface area (Å²) in [6, 6.07) is -0.547. The summed E-state index contributed by atoms with van der Waals surface area (Å²) in [6.45, 7) is 6.33. The molecule has 0 unspecified atom stereocenters. The lowest BCUT2D eigenvalue weighted by Gasteiger charge is -2.12. The lowest BCUT2D eigenvalue weighted by Crippen LogP contribution is -2.40. The van der Waals surface area contributed by atoms with Crippen molar-refractivity contribution >= 4 is 33.3 Å². The molecule has 12 heavy (non-hydrogen) atoms. The first kappa shape index (κ1) is 11.8. The molecule has 67 valence electrons. The van der Waals surface area contributed by atoms with E-state index >= 15 is 0 Å². The Morgan fingerprint density at radius 2 is 2.00 bits per heavy atom. The number of ketones is 1. The molecule has 0 aromatic heterocycles. The van der Waals surface area contributed by atoms with Crippen LogP contribution in [0.1, 0.15) is 0 Å². The predicted octanol–water partition coefficient (Wildman–Crippen LogP) is 0.881. The van der Waals surface area contributed by atoms with Crippen molar-refractivity contribution in [2.75, 3.05) is 5.75 Å². The third kappa shape index (κ3) is 5.49. The number of hydrogen-bond donors (Lipinski definition) is 1. The second-order valence-electron chi connectivity index (χ2n) is 1.99. The van der Waals surface area contributed by atoms with Gasteiger partial charge < -0.3 is 5.32 Å². The van der Waals surface area contributed by atoms with Crippen molar-refractivity contribution in [2.45, 2.75) is 6.04 Å². The van der Waals surface area contributed by atoms with Gasteiger partial charge in [0.15, 0.2) is 5.78 Å². The van der Waals surface area contributed by atoms with E-state index in [2.05, 4.69) is 25.4 Å². The van der Waals surface area contributed by atoms with Gasteiger partial charge in [0.1, 0.15) is 0 Å². The van der Waals surface area contributed by atoms with Crippen LogP contribution in [0.5, 0.6) is 0 Å². The van der Waals surface area contributed by atoms with E-state index in [4.69, 9.17) is 0 Å². The van der Waals surface area contributed by atoms with Crippen molar-refractivity contribution in [1.29, 1.82) is 0 Å². The molecule has 0 spiro atoms. The Morgan fingerprint density at radius 1 is 1.42 bits per heavy atom. The number of nitrogens with one attached hydrogen (secondary N) is 1. The van der Waals surface area contributed by atoms with E-state index in [1.54, 1.807) is 0 Å². The highest BCUT2D eigenvalue weighted by molar-refractivity contribution is 8.77. The molecule has 0 aliphatic rings. The zero-order valence-electron chi connectivity index (χ0n) is 6.54. The lowest BCUT2D eigenvalue weighted by atomic mass is 10.2. The van der Waals surface area contributed by atoms with Crippen molar-refractivity contribution in [2.24, 2.45) is 0 Å². The van der Waals surface area contributed by atoms with Crippen LogP contribution in [0.2, 0.25) is 0 Å². The normalized spacial score (nSPS) is 12.2. The minimum Gasteiger partial charge on any atom is -0.345 e. The summed E-state index contributed by atoms with van der Waals surface area (Å²) in [4.78, 5) is 21.3. The average molecular weight is 204 g/mol. The molecule has 1 N–H and O–H groups in total. The second kappa shape index (κ2) is 6.37. The molecule has 3 nitrogen and oxygen atoms in total. The van der Waals surface area contributed by atoms with Crippen molar-refractivity contribution in [3.05, 3.63) is 20.1 Å². The summed E-state index contributed by atoms with van der Waals surface area (Å²) >= 11 is 0. The molecule has 0 saturated heterocycles. The fourth-order valence-corrected chi connectivity index (χ4v) is 1.72. The van der Waals surface area contributed by atoms with Crippen molar-refractivity contribution in [1.82, 2.24) is 5.32 Å². The molecule has 1 atom stereocenters. The van der Waals surface area contributed by atoms with Crippen LogP contribution in [0.15, 0.2) is 0 Å². The van der Waals surface area contributed by atoms with Gasteiger partial charge in [0, 0.05) is 25.9 Å². The van der Waals surface area contributed by atoms with Crippen molar-refractivity contribution in [3.63, 3.8) is 0 Å². The molecule has 0 aliphatic carbocycles. The fraction of sp³-hybridized carbons (Fsp3) is 0.286. The van der Waals surface area contributed by atoms with Crippen LogP contribution in [0.4, 0.5) is 0 Å². The van der Waals surface area contributed by atoms with E-state index in [0.717, 1.165) is 0 Å². The molecule has 0 bridgehead atoms. The van der Waals surface area contributed by atoms with Gasteiger partial charge in [0.2, 0.25) is 5.91 Å². The van der Waals surface area contributed by atoms with Crippen LogP contribution in [0.25, 0.3) is 0 Å². The smallest absolute Gasteiger partial charge is 0.221 e. The highest BCUT2D eigenvalue weighted by Crippen LogP contribution is 2.19. The molecule has 1 amide bonds. The van der Waals surface area contributed by atoms with Crippen LogP contribution in [-0.4, -0.2) is 23.5 Å². The van der Waals surface area contributed by atoms with Gasteiger partial charge in [0.05, 0.1) is 6.04 Å². The molecule has 0 aromatic carbocycles. The first-order chi connectivity index (χ1) is 5.57. The van der Waals surface area contributed by atoms with Gasteiger partial charge in [-0.05, 0) is 0 Å². The zero-order valence-corrected chi connectivity index (χ0v) is 8.17. The highest BCUT2D eigenvalue weighted by atomic mass is 33.1. The number of amides is 1. The number of carbonyl (C=O) groups excluding carboxylic acids is 2. The Kier molecular flexibility index (Phi) is 6.28. The van der Waals surface area contributed by atoms with Crippen molar-refractivity contribution < 1.29 is 9.59 Å². The molecule has 0 aromatic rings. The Morgan fingerprint density at radius 3 is 2.33 bits per heavy atom. The largest absolute Gasteiger partial charge is 0.345 e. The zero-order chi connectivity index (χ0) is 9.56. The molecule has 0 saturated carbocycles. The maximum atomic E-state index is 10.8. The highest BCUT2D eigenvalue weighted by Gasteiger charge is 2.14. The Labute approximate surface area is 80.4 Å². The number of carbonyl (C=O) groups is 2. The van der Waals surface area contributed by atoms with E-state index in [-0.39, 0.29) is 5.78 Å². The number of Topliss-reactive ketones (excluding diaryl/α,β-unsaturated/α-hetero) is 1. The Bertz CT molecular complexity index is 173. The monoisotopic (exact) mass is 204 g/mol. The summed E-state index contributed by atoms with van der Waals surface area (Å²) in [5.41, 5.74) is 0. The maximum absolute atomic E-state index is 10.8. The lowest BCUT2D eigenvalue weighted by molar-refractivity contribution is -0.122. The minimum absolute atomic E-state index is 0.312. The third-order valence-electron chi connectivity index (χ3n) is 1.04. The summed E-state index contributed by atoms with van der Waals surface area (Å²) in [7, 11) is 2.68. The third-order valence-corrected chi connectivity index (χ3v) is 2.59. The summed E-state index contributed by atoms with van der Waals surface area (Å²) in [6.07, 6.45) is 3.52. The molecule has 0 aliphatic heterocycles. The van der Waals surface area contributed by atoms with Crippen LogP contribution in [-0.2, 0) is 9.59 Å². The van der Waals surface area contributed by atoms with Gasteiger partial charge in [-0.2, -0.15) is 0 Å². The first-order valence-electron chi connectivity index (χ1n) is 3.09. The van der Waals surface area contributed by atoms with Gasteiger partial charge in [0.25, 0.3) is 0 Å². The summed E-state index contributed by atoms with van der Waals surface area (Å²) in [5.74, 6) is -0.308. The maximum Gasteiger partial charge on any atom is 0.221 e. The van der Waals surface area contributed by atoms with Crippen LogP contribution in [0.3, 0.4) is 0 Å². The van der Waals surface area contributed by atoms with E-state index in [1.807, 2.05) is 0 Å². The van der Waals surface area contributed by atoms with Crippen LogP contribution < -0.4 is 5.32 Å². The van der Waals surface area contributed by atoms with Gasteiger partial charge >= 0.3 is 0 Å². The Balaban J connectivity index is 3.87. The topological polar surface area (TPSA) is 46.2 Å². The number of hydrogen-bond acceptors (Lipinski definition) is 4. The number of rotatable bonds is 5. The molecule has 0 fully saturated rings. The van der Waals surface area contributed by atoms with Gasteiger partial charge in [-0.15, -0.1) is 0 Å². The van der Waals surface area contributed by atoms with E-state index < -0.39 is 11.9 Å². The minimum atomic E-state index is -0.547. The van der Waals surface area contributed by atoms with Crippen LogP contribution in [0, 0.1) is 20.1 Å². The molecular formula is C7H10NO2S2. The van der Waals surface area contributed by atoms with E-state index in [9.17, 15) is 9.59 Å². The molecule has 5 heteroatoms. The first-order valence-corrected chi connectivity index (χ1v) is 5.58. The van der Waals surface area contributed by atoms with Gasteiger partial charge in [-0.1, -0.05) is 21.6 Å². The van der Waals surface area contributed by atoms with E-state index in [0.29, 0.717) is 5.75 Å². The fourth-order valence-electron chi connectivity index (χ4n) is 0.526. The van der Waals surface area contributed by atoms with Crippen molar-refractivity contribution in [3.8, 4) is 0 Å². The quantitative estimate of drug-likeness (QED) is 0.675. The molecule has 0 heterocycles. The predicted molar refractivity (Wildman–Crippen MR) is 53.1 cm³/mol. The van der Waals surface area contributed by atoms with Gasteiger partial charge in [-0.3, -0.25) is 9.59 Å². The average Bonchev–Trinajstić information content (AvgIpc) is 1.96. The van der Waals surface area contributed by atoms with Gasteiger partial charge in [-0.25, -0.2) is 0 Å². The molecular weight excluding hydrogens is 194 g/mol. The molecule has 0 rings (SSSR count). The summed E-state index contributed by atoms with van der Waals surface area (Å²) < 4.78 is 0. The van der Waals surface area contributed by atoms with E-state index in [1.165, 1.54) is 21.6 Å². The SMILES string of the molecule is [CH2]SSC[C@H](NC([CH2])=O)C([CH2])=O. The second-order valence-corrected chi connectivity index (χ2v) is 4.21. The van der Waals surface area contributed by atoms with Crippen LogP contribution >= 0.6 is 21.6 Å². The standard InChI is InChI=1S/C7H10NO2S2/c1-5(9)7(4-12-11-3)8-6(2)10/h7H,1-4H2,(H,8,10)/t7-/m0/s1. The molecule has 3 radical (unpaired) electrons. The Hall–Kier alpha value is -0.160. The summed E-state index contributed by atoms with van der Waals surface area (Å²) in [5, 5.41) is 2.39.